The Hall–Kier alpha value is -1.43. The number of rotatable bonds is 1. The molecule has 5 nitrogen and oxygen atoms in total. The Balaban J connectivity index is 1.68. The first-order valence-electron chi connectivity index (χ1n) is 6.99. The largest absolute Gasteiger partial charge is 0.356 e. The lowest BCUT2D eigenvalue weighted by atomic mass is 9.77. The minimum atomic E-state index is 0.0898. The maximum absolute atomic E-state index is 12.5. The Morgan fingerprint density at radius 3 is 2.55 bits per heavy atom. The molecule has 1 N–H and O–H groups in total. The van der Waals surface area contributed by atoms with Crippen LogP contribution in [0.15, 0.2) is 0 Å². The number of amides is 2. The number of nitrogens with one attached hydrogen (secondary N) is 1. The van der Waals surface area contributed by atoms with Crippen LogP contribution >= 0.6 is 11.3 Å². The number of nitrogens with zero attached hydrogens (tertiary/aromatic N) is 2. The first kappa shape index (κ1) is 13.5. The molecule has 2 saturated heterocycles. The molecule has 2 fully saturated rings. The third-order valence-corrected chi connectivity index (χ3v) is 5.47. The van der Waals surface area contributed by atoms with Crippen LogP contribution in [-0.2, 0) is 4.79 Å². The second kappa shape index (κ2) is 4.84. The highest BCUT2D eigenvalue weighted by Crippen LogP contribution is 2.38. The molecule has 20 heavy (non-hydrogen) atoms. The van der Waals surface area contributed by atoms with Crippen LogP contribution in [0.2, 0.25) is 0 Å². The van der Waals surface area contributed by atoms with Crippen LogP contribution < -0.4 is 5.32 Å². The lowest BCUT2D eigenvalue weighted by Crippen LogP contribution is -2.44. The van der Waals surface area contributed by atoms with E-state index in [4.69, 9.17) is 0 Å². The fourth-order valence-electron chi connectivity index (χ4n) is 3.16. The van der Waals surface area contributed by atoms with Crippen LogP contribution in [0.3, 0.4) is 0 Å². The summed E-state index contributed by atoms with van der Waals surface area (Å²) in [6, 6.07) is 0. The molecule has 1 aromatic heterocycles. The Kier molecular flexibility index (Phi) is 3.28. The molecular weight excluding hydrogens is 274 g/mol. The van der Waals surface area contributed by atoms with E-state index in [1.54, 1.807) is 0 Å². The molecule has 6 heteroatoms. The van der Waals surface area contributed by atoms with Crippen LogP contribution in [-0.4, -0.2) is 41.3 Å². The predicted octanol–water partition coefficient (Wildman–Crippen LogP) is 1.50. The van der Waals surface area contributed by atoms with Crippen molar-refractivity contribution in [1.82, 2.24) is 15.2 Å². The molecule has 2 aliphatic heterocycles. The Bertz CT molecular complexity index is 559. The Labute approximate surface area is 122 Å². The van der Waals surface area contributed by atoms with E-state index in [-0.39, 0.29) is 17.2 Å². The van der Waals surface area contributed by atoms with Crippen LogP contribution in [0, 0.1) is 19.3 Å². The molecule has 3 heterocycles. The van der Waals surface area contributed by atoms with Gasteiger partial charge in [-0.1, -0.05) is 0 Å². The van der Waals surface area contributed by atoms with Crippen molar-refractivity contribution < 1.29 is 9.59 Å². The number of thiazole rings is 1. The Morgan fingerprint density at radius 2 is 2.05 bits per heavy atom. The summed E-state index contributed by atoms with van der Waals surface area (Å²) in [7, 11) is 0. The van der Waals surface area contributed by atoms with Gasteiger partial charge in [0.25, 0.3) is 5.91 Å². The summed E-state index contributed by atoms with van der Waals surface area (Å²) in [5.41, 5.74) is 0.919. The zero-order chi connectivity index (χ0) is 14.3. The van der Waals surface area contributed by atoms with Gasteiger partial charge in [0.05, 0.1) is 10.7 Å². The molecule has 0 saturated carbocycles. The smallest absolute Gasteiger partial charge is 0.265 e. The van der Waals surface area contributed by atoms with Crippen molar-refractivity contribution in [3.05, 3.63) is 15.6 Å². The van der Waals surface area contributed by atoms with E-state index in [2.05, 4.69) is 10.3 Å². The molecule has 1 aromatic rings. The van der Waals surface area contributed by atoms with E-state index in [0.29, 0.717) is 6.42 Å². The van der Waals surface area contributed by atoms with Crippen LogP contribution in [0.4, 0.5) is 0 Å². The molecule has 0 atom stereocenters. The van der Waals surface area contributed by atoms with E-state index >= 15 is 0 Å². The van der Waals surface area contributed by atoms with Crippen LogP contribution in [0.5, 0.6) is 0 Å². The van der Waals surface area contributed by atoms with Gasteiger partial charge in [-0.3, -0.25) is 9.59 Å². The molecule has 3 rings (SSSR count). The molecular formula is C14H19N3O2S. The van der Waals surface area contributed by atoms with E-state index in [1.165, 1.54) is 11.3 Å². The maximum Gasteiger partial charge on any atom is 0.265 e. The monoisotopic (exact) mass is 293 g/mol. The molecule has 2 amide bonds. The van der Waals surface area contributed by atoms with E-state index < -0.39 is 0 Å². The van der Waals surface area contributed by atoms with E-state index in [0.717, 1.165) is 48.1 Å². The quantitative estimate of drug-likeness (QED) is 0.853. The molecule has 0 radical (unpaired) electrons. The first-order chi connectivity index (χ1) is 9.49. The Morgan fingerprint density at radius 1 is 1.35 bits per heavy atom. The minimum Gasteiger partial charge on any atom is -0.356 e. The van der Waals surface area contributed by atoms with Crippen molar-refractivity contribution in [1.29, 1.82) is 0 Å². The first-order valence-corrected chi connectivity index (χ1v) is 7.81. The summed E-state index contributed by atoms with van der Waals surface area (Å²) in [5, 5.41) is 3.85. The van der Waals surface area contributed by atoms with Gasteiger partial charge in [-0.2, -0.15) is 0 Å². The van der Waals surface area contributed by atoms with Gasteiger partial charge >= 0.3 is 0 Å². The van der Waals surface area contributed by atoms with E-state index in [9.17, 15) is 9.59 Å². The SMILES string of the molecule is Cc1nc(C)c(C(=O)N2CCC3(CC2)CNC(=O)C3)s1. The van der Waals surface area contributed by atoms with Crippen molar-refractivity contribution in [3.63, 3.8) is 0 Å². The number of carbonyl (C=O) groups excluding carboxylic acids is 2. The molecule has 0 aliphatic carbocycles. The average Bonchev–Trinajstić information content (AvgIpc) is 2.93. The van der Waals surface area contributed by atoms with Crippen LogP contribution in [0.25, 0.3) is 0 Å². The molecule has 0 aromatic carbocycles. The zero-order valence-corrected chi connectivity index (χ0v) is 12.7. The number of aromatic nitrogens is 1. The predicted molar refractivity (Wildman–Crippen MR) is 76.8 cm³/mol. The summed E-state index contributed by atoms with van der Waals surface area (Å²) >= 11 is 1.47. The van der Waals surface area contributed by atoms with Crippen molar-refractivity contribution in [3.8, 4) is 0 Å². The highest BCUT2D eigenvalue weighted by molar-refractivity contribution is 7.13. The third-order valence-electron chi connectivity index (χ3n) is 4.41. The zero-order valence-electron chi connectivity index (χ0n) is 11.9. The van der Waals surface area contributed by atoms with Gasteiger partial charge in [0.15, 0.2) is 0 Å². The fraction of sp³-hybridized carbons (Fsp3) is 0.643. The number of piperidine rings is 1. The summed E-state index contributed by atoms with van der Waals surface area (Å²) in [6.07, 6.45) is 2.44. The average molecular weight is 293 g/mol. The van der Waals surface area contributed by atoms with Gasteiger partial charge in [-0.15, -0.1) is 11.3 Å². The van der Waals surface area contributed by atoms with Gasteiger partial charge in [0, 0.05) is 26.1 Å². The molecule has 0 unspecified atom stereocenters. The second-order valence-corrected chi connectivity index (χ2v) is 7.10. The van der Waals surface area contributed by atoms with Crippen molar-refractivity contribution in [2.75, 3.05) is 19.6 Å². The lowest BCUT2D eigenvalue weighted by Gasteiger charge is -2.38. The van der Waals surface area contributed by atoms with Gasteiger partial charge < -0.3 is 10.2 Å². The van der Waals surface area contributed by atoms with Crippen LogP contribution in [0.1, 0.15) is 39.6 Å². The molecule has 1 spiro atoms. The summed E-state index contributed by atoms with van der Waals surface area (Å²) < 4.78 is 0. The minimum absolute atomic E-state index is 0.0898. The summed E-state index contributed by atoms with van der Waals surface area (Å²) in [5.74, 6) is 0.249. The number of hydrogen-bond donors (Lipinski definition) is 1. The summed E-state index contributed by atoms with van der Waals surface area (Å²) in [6.45, 7) is 6.07. The number of aryl methyl sites for hydroxylation is 2. The van der Waals surface area contributed by atoms with Crippen molar-refractivity contribution in [2.45, 2.75) is 33.1 Å². The number of hydrogen-bond acceptors (Lipinski definition) is 4. The molecule has 108 valence electrons. The highest BCUT2D eigenvalue weighted by Gasteiger charge is 2.41. The standard InChI is InChI=1S/C14H19N3O2S/c1-9-12(20-10(2)16-9)13(19)17-5-3-14(4-6-17)7-11(18)15-8-14/h3-8H2,1-2H3,(H,15,18). The lowest BCUT2D eigenvalue weighted by molar-refractivity contribution is -0.119. The topological polar surface area (TPSA) is 62.3 Å². The van der Waals surface area contributed by atoms with Gasteiger partial charge in [0.2, 0.25) is 5.91 Å². The number of carbonyl (C=O) groups is 2. The highest BCUT2D eigenvalue weighted by atomic mass is 32.1. The fourth-order valence-corrected chi connectivity index (χ4v) is 4.05. The summed E-state index contributed by atoms with van der Waals surface area (Å²) in [4.78, 5) is 30.9. The van der Waals surface area contributed by atoms with Gasteiger partial charge in [-0.25, -0.2) is 4.98 Å². The second-order valence-electron chi connectivity index (χ2n) is 5.89. The van der Waals surface area contributed by atoms with Gasteiger partial charge in [-0.05, 0) is 32.1 Å². The normalized spacial score (nSPS) is 21.3. The molecule has 0 bridgehead atoms. The van der Waals surface area contributed by atoms with Gasteiger partial charge in [0.1, 0.15) is 4.88 Å². The van der Waals surface area contributed by atoms with Crippen molar-refractivity contribution in [2.24, 2.45) is 5.41 Å². The number of likely N-dealkylation sites (tertiary alicyclic amines) is 1. The maximum atomic E-state index is 12.5. The molecule has 2 aliphatic rings. The third kappa shape index (κ3) is 2.32. The van der Waals surface area contributed by atoms with Crippen molar-refractivity contribution >= 4 is 23.2 Å². The van der Waals surface area contributed by atoms with E-state index in [1.807, 2.05) is 18.7 Å².